The minimum absolute atomic E-state index is 0.0242. The van der Waals surface area contributed by atoms with Crippen LogP contribution in [0.25, 0.3) is 0 Å². The molecule has 2 aromatic heterocycles. The Bertz CT molecular complexity index is 733. The maximum absolute atomic E-state index is 12.5. The Morgan fingerprint density at radius 3 is 2.72 bits per heavy atom. The quantitative estimate of drug-likeness (QED) is 0.849. The second kappa shape index (κ2) is 6.82. The van der Waals surface area contributed by atoms with Crippen LogP contribution in [-0.4, -0.2) is 50.3 Å². The molecular formula is C18H25N5O2. The van der Waals surface area contributed by atoms with E-state index in [1.54, 1.807) is 17.1 Å². The Balaban J connectivity index is 1.52. The van der Waals surface area contributed by atoms with Gasteiger partial charge in [0.2, 0.25) is 5.88 Å². The number of hydrogen-bond acceptors (Lipinski definition) is 5. The topological polar surface area (TPSA) is 73.1 Å². The first kappa shape index (κ1) is 17.4. The van der Waals surface area contributed by atoms with E-state index in [0.29, 0.717) is 30.6 Å². The molecule has 1 saturated heterocycles. The van der Waals surface area contributed by atoms with Gasteiger partial charge in [-0.1, -0.05) is 20.8 Å². The number of likely N-dealkylation sites (tertiary alicyclic amines) is 1. The number of aryl methyl sites for hydroxylation is 1. The summed E-state index contributed by atoms with van der Waals surface area (Å²) in [5, 5.41) is 8.38. The SMILES string of the molecule is Cn1cncc1C(=O)N1CCC(COc2ccc(C(C)(C)C)nn2)C1. The molecule has 1 aliphatic rings. The van der Waals surface area contributed by atoms with Crippen molar-refractivity contribution in [3.63, 3.8) is 0 Å². The Kier molecular flexibility index (Phi) is 4.74. The van der Waals surface area contributed by atoms with Gasteiger partial charge in [-0.25, -0.2) is 4.98 Å². The fourth-order valence-corrected chi connectivity index (χ4v) is 2.88. The number of amides is 1. The largest absolute Gasteiger partial charge is 0.476 e. The van der Waals surface area contributed by atoms with E-state index in [-0.39, 0.29) is 11.3 Å². The molecule has 0 aromatic carbocycles. The lowest BCUT2D eigenvalue weighted by Crippen LogP contribution is -2.30. The maximum Gasteiger partial charge on any atom is 0.272 e. The van der Waals surface area contributed by atoms with E-state index in [9.17, 15) is 4.79 Å². The van der Waals surface area contributed by atoms with Gasteiger partial charge in [0, 0.05) is 37.5 Å². The van der Waals surface area contributed by atoms with Crippen molar-refractivity contribution in [1.82, 2.24) is 24.6 Å². The summed E-state index contributed by atoms with van der Waals surface area (Å²) < 4.78 is 7.52. The number of aromatic nitrogens is 4. The first-order valence-electron chi connectivity index (χ1n) is 8.57. The van der Waals surface area contributed by atoms with Crippen LogP contribution < -0.4 is 4.74 Å². The molecule has 0 spiro atoms. The number of imidazole rings is 1. The molecule has 1 fully saturated rings. The van der Waals surface area contributed by atoms with Gasteiger partial charge < -0.3 is 14.2 Å². The molecule has 2 aromatic rings. The van der Waals surface area contributed by atoms with E-state index in [1.807, 2.05) is 24.1 Å². The summed E-state index contributed by atoms with van der Waals surface area (Å²) in [6.07, 6.45) is 4.18. The first-order chi connectivity index (χ1) is 11.8. The highest BCUT2D eigenvalue weighted by Crippen LogP contribution is 2.22. The summed E-state index contributed by atoms with van der Waals surface area (Å²) in [5.74, 6) is 0.863. The fourth-order valence-electron chi connectivity index (χ4n) is 2.88. The highest BCUT2D eigenvalue weighted by Gasteiger charge is 2.28. The Morgan fingerprint density at radius 1 is 1.32 bits per heavy atom. The van der Waals surface area contributed by atoms with Crippen molar-refractivity contribution in [3.8, 4) is 5.88 Å². The zero-order valence-corrected chi connectivity index (χ0v) is 15.3. The van der Waals surface area contributed by atoms with Gasteiger partial charge in [-0.15, -0.1) is 5.10 Å². The average molecular weight is 343 g/mol. The molecule has 1 unspecified atom stereocenters. The van der Waals surface area contributed by atoms with Gasteiger partial charge in [0.05, 0.1) is 24.8 Å². The van der Waals surface area contributed by atoms with Crippen LogP contribution in [0.3, 0.4) is 0 Å². The van der Waals surface area contributed by atoms with E-state index in [2.05, 4.69) is 36.0 Å². The number of rotatable bonds is 4. The van der Waals surface area contributed by atoms with Crippen molar-refractivity contribution in [3.05, 3.63) is 36.0 Å². The Hall–Kier alpha value is -2.44. The minimum atomic E-state index is -0.0242. The molecule has 7 nitrogen and oxygen atoms in total. The molecule has 7 heteroatoms. The normalized spacial score (nSPS) is 17.8. The zero-order chi connectivity index (χ0) is 18.0. The molecular weight excluding hydrogens is 318 g/mol. The lowest BCUT2D eigenvalue weighted by molar-refractivity contribution is 0.0773. The molecule has 3 heterocycles. The number of carbonyl (C=O) groups is 1. The maximum atomic E-state index is 12.5. The van der Waals surface area contributed by atoms with Crippen molar-refractivity contribution in [2.75, 3.05) is 19.7 Å². The first-order valence-corrected chi connectivity index (χ1v) is 8.57. The molecule has 3 rings (SSSR count). The number of ether oxygens (including phenoxy) is 1. The van der Waals surface area contributed by atoms with Gasteiger partial charge in [-0.05, 0) is 12.5 Å². The highest BCUT2D eigenvalue weighted by molar-refractivity contribution is 5.92. The third-order valence-electron chi connectivity index (χ3n) is 4.48. The van der Waals surface area contributed by atoms with Gasteiger partial charge in [0.25, 0.3) is 5.91 Å². The van der Waals surface area contributed by atoms with Crippen LogP contribution in [0.15, 0.2) is 24.7 Å². The summed E-state index contributed by atoms with van der Waals surface area (Å²) in [5.41, 5.74) is 1.53. The van der Waals surface area contributed by atoms with Gasteiger partial charge in [-0.2, -0.15) is 5.10 Å². The lowest BCUT2D eigenvalue weighted by atomic mass is 9.92. The van der Waals surface area contributed by atoms with E-state index in [1.165, 1.54) is 0 Å². The molecule has 1 amide bonds. The summed E-state index contributed by atoms with van der Waals surface area (Å²) >= 11 is 0. The molecule has 0 bridgehead atoms. The summed E-state index contributed by atoms with van der Waals surface area (Å²) in [6.45, 7) is 8.28. The molecule has 0 aliphatic carbocycles. The highest BCUT2D eigenvalue weighted by atomic mass is 16.5. The molecule has 0 saturated carbocycles. The molecule has 134 valence electrons. The molecule has 1 atom stereocenters. The van der Waals surface area contributed by atoms with Gasteiger partial charge in [0.15, 0.2) is 0 Å². The second-order valence-corrected chi connectivity index (χ2v) is 7.61. The summed E-state index contributed by atoms with van der Waals surface area (Å²) in [7, 11) is 1.83. The van der Waals surface area contributed by atoms with Crippen LogP contribution in [0.5, 0.6) is 5.88 Å². The van der Waals surface area contributed by atoms with Crippen LogP contribution in [0.4, 0.5) is 0 Å². The average Bonchev–Trinajstić information content (AvgIpc) is 3.21. The second-order valence-electron chi connectivity index (χ2n) is 7.61. The van der Waals surface area contributed by atoms with E-state index in [4.69, 9.17) is 4.74 Å². The Morgan fingerprint density at radius 2 is 2.12 bits per heavy atom. The minimum Gasteiger partial charge on any atom is -0.476 e. The third kappa shape index (κ3) is 3.97. The van der Waals surface area contributed by atoms with Gasteiger partial charge in [-0.3, -0.25) is 4.79 Å². The van der Waals surface area contributed by atoms with E-state index >= 15 is 0 Å². The smallest absolute Gasteiger partial charge is 0.272 e. The third-order valence-corrected chi connectivity index (χ3v) is 4.48. The van der Waals surface area contributed by atoms with E-state index < -0.39 is 0 Å². The summed E-state index contributed by atoms with van der Waals surface area (Å²) in [6, 6.07) is 3.82. The molecule has 0 N–H and O–H groups in total. The predicted molar refractivity (Wildman–Crippen MR) is 93.4 cm³/mol. The lowest BCUT2D eigenvalue weighted by Gasteiger charge is -2.18. The molecule has 0 radical (unpaired) electrons. The number of hydrogen-bond donors (Lipinski definition) is 0. The van der Waals surface area contributed by atoms with Crippen molar-refractivity contribution in [1.29, 1.82) is 0 Å². The number of nitrogens with zero attached hydrogens (tertiary/aromatic N) is 5. The van der Waals surface area contributed by atoms with E-state index in [0.717, 1.165) is 18.7 Å². The summed E-state index contributed by atoms with van der Waals surface area (Å²) in [4.78, 5) is 18.4. The van der Waals surface area contributed by atoms with Crippen LogP contribution in [-0.2, 0) is 12.5 Å². The fraction of sp³-hybridized carbons (Fsp3) is 0.556. The van der Waals surface area contributed by atoms with Crippen molar-refractivity contribution >= 4 is 5.91 Å². The van der Waals surface area contributed by atoms with Crippen molar-refractivity contribution < 1.29 is 9.53 Å². The molecule has 25 heavy (non-hydrogen) atoms. The standard InChI is InChI=1S/C18H25N5O2/c1-18(2,3)15-5-6-16(21-20-15)25-11-13-7-8-23(10-13)17(24)14-9-19-12-22(14)4/h5-6,9,12-13H,7-8,10-11H2,1-4H3. The van der Waals surface area contributed by atoms with Crippen molar-refractivity contribution in [2.24, 2.45) is 13.0 Å². The Labute approximate surface area is 148 Å². The number of carbonyl (C=O) groups excluding carboxylic acids is 1. The molecule has 1 aliphatic heterocycles. The van der Waals surface area contributed by atoms with Crippen LogP contribution in [0, 0.1) is 5.92 Å². The van der Waals surface area contributed by atoms with Gasteiger partial charge in [0.1, 0.15) is 5.69 Å². The van der Waals surface area contributed by atoms with Crippen LogP contribution in [0.2, 0.25) is 0 Å². The zero-order valence-electron chi connectivity index (χ0n) is 15.3. The van der Waals surface area contributed by atoms with Gasteiger partial charge >= 0.3 is 0 Å². The van der Waals surface area contributed by atoms with Crippen molar-refractivity contribution in [2.45, 2.75) is 32.6 Å². The van der Waals surface area contributed by atoms with Crippen LogP contribution in [0.1, 0.15) is 43.4 Å². The monoisotopic (exact) mass is 343 g/mol. The predicted octanol–water partition coefficient (Wildman–Crippen LogP) is 2.05. The van der Waals surface area contributed by atoms with Crippen LogP contribution >= 0.6 is 0 Å².